The smallest absolute Gasteiger partial charge is 0.262 e. The van der Waals surface area contributed by atoms with E-state index in [0.717, 1.165) is 5.56 Å². The van der Waals surface area contributed by atoms with Crippen molar-refractivity contribution >= 4 is 22.2 Å². The first-order valence-electron chi connectivity index (χ1n) is 6.07. The second-order valence-electron chi connectivity index (χ2n) is 4.36. The first kappa shape index (κ1) is 14.1. The van der Waals surface area contributed by atoms with Crippen LogP contribution in [-0.4, -0.2) is 12.5 Å². The van der Waals surface area contributed by atoms with Crippen LogP contribution in [0.5, 0.6) is 5.75 Å². The van der Waals surface area contributed by atoms with Gasteiger partial charge >= 0.3 is 0 Å². The van der Waals surface area contributed by atoms with Gasteiger partial charge in [0.15, 0.2) is 6.61 Å². The predicted molar refractivity (Wildman–Crippen MR) is 79.1 cm³/mol. The van der Waals surface area contributed by atoms with E-state index < -0.39 is 0 Å². The monoisotopic (exact) mass is 286 g/mol. The van der Waals surface area contributed by atoms with Gasteiger partial charge in [-0.2, -0.15) is 5.26 Å². The van der Waals surface area contributed by atoms with Crippen LogP contribution in [0.25, 0.3) is 0 Å². The van der Waals surface area contributed by atoms with E-state index in [1.807, 2.05) is 38.1 Å². The molecule has 2 aromatic rings. The van der Waals surface area contributed by atoms with Crippen LogP contribution in [0.2, 0.25) is 0 Å². The van der Waals surface area contributed by atoms with Crippen molar-refractivity contribution in [3.63, 3.8) is 0 Å². The van der Waals surface area contributed by atoms with Crippen LogP contribution in [0, 0.1) is 25.2 Å². The Kier molecular flexibility index (Phi) is 4.38. The first-order chi connectivity index (χ1) is 9.60. The van der Waals surface area contributed by atoms with Gasteiger partial charge in [0, 0.05) is 0 Å². The molecule has 1 aromatic carbocycles. The Balaban J connectivity index is 1.92. The summed E-state index contributed by atoms with van der Waals surface area (Å²) in [5, 5.41) is 13.8. The van der Waals surface area contributed by atoms with Crippen LogP contribution in [0.4, 0.5) is 5.00 Å². The van der Waals surface area contributed by atoms with Crippen LogP contribution in [-0.2, 0) is 4.79 Å². The molecule has 0 aliphatic heterocycles. The molecule has 2 rings (SSSR count). The molecular weight excluding hydrogens is 272 g/mol. The van der Waals surface area contributed by atoms with Gasteiger partial charge in [-0.25, -0.2) is 0 Å². The SMILES string of the molecule is Cc1ccc(OCC(=O)Nc2sccc2C#N)cc1C. The number of ether oxygens (including phenoxy) is 1. The van der Waals surface area contributed by atoms with E-state index >= 15 is 0 Å². The average molecular weight is 286 g/mol. The summed E-state index contributed by atoms with van der Waals surface area (Å²) in [4.78, 5) is 11.8. The number of benzene rings is 1. The molecule has 0 fully saturated rings. The molecule has 0 radical (unpaired) electrons. The highest BCUT2D eigenvalue weighted by Crippen LogP contribution is 2.22. The lowest BCUT2D eigenvalue weighted by atomic mass is 10.1. The zero-order valence-corrected chi connectivity index (χ0v) is 12.1. The van der Waals surface area contributed by atoms with Crippen molar-refractivity contribution < 1.29 is 9.53 Å². The number of hydrogen-bond acceptors (Lipinski definition) is 4. The summed E-state index contributed by atoms with van der Waals surface area (Å²) in [5.41, 5.74) is 2.77. The Hall–Kier alpha value is -2.32. The van der Waals surface area contributed by atoms with Gasteiger partial charge in [0.1, 0.15) is 16.8 Å². The lowest BCUT2D eigenvalue weighted by Gasteiger charge is -2.08. The molecule has 4 nitrogen and oxygen atoms in total. The van der Waals surface area contributed by atoms with Gasteiger partial charge < -0.3 is 10.1 Å². The molecule has 0 unspecified atom stereocenters. The summed E-state index contributed by atoms with van der Waals surface area (Å²) in [6.07, 6.45) is 0. The zero-order chi connectivity index (χ0) is 14.5. The van der Waals surface area contributed by atoms with Crippen molar-refractivity contribution in [3.8, 4) is 11.8 Å². The second-order valence-corrected chi connectivity index (χ2v) is 5.27. The number of nitrogens with zero attached hydrogens (tertiary/aromatic N) is 1. The Morgan fingerprint density at radius 1 is 1.35 bits per heavy atom. The fraction of sp³-hybridized carbons (Fsp3) is 0.200. The van der Waals surface area contributed by atoms with Crippen molar-refractivity contribution in [2.45, 2.75) is 13.8 Å². The third-order valence-corrected chi connectivity index (χ3v) is 3.72. The Bertz CT molecular complexity index is 671. The van der Waals surface area contributed by atoms with E-state index in [9.17, 15) is 4.79 Å². The van der Waals surface area contributed by atoms with Gasteiger partial charge in [-0.3, -0.25) is 4.79 Å². The Labute approximate surface area is 121 Å². The molecule has 0 spiro atoms. The average Bonchev–Trinajstić information content (AvgIpc) is 2.87. The van der Waals surface area contributed by atoms with E-state index in [1.165, 1.54) is 16.9 Å². The van der Waals surface area contributed by atoms with Gasteiger partial charge in [-0.05, 0) is 48.6 Å². The maximum absolute atomic E-state index is 11.8. The lowest BCUT2D eigenvalue weighted by Crippen LogP contribution is -2.20. The Morgan fingerprint density at radius 2 is 2.15 bits per heavy atom. The highest BCUT2D eigenvalue weighted by Gasteiger charge is 2.09. The van der Waals surface area contributed by atoms with Crippen LogP contribution in [0.3, 0.4) is 0 Å². The van der Waals surface area contributed by atoms with Crippen molar-refractivity contribution in [2.75, 3.05) is 11.9 Å². The summed E-state index contributed by atoms with van der Waals surface area (Å²) in [6.45, 7) is 3.93. The standard InChI is InChI=1S/C15H14N2O2S/c1-10-3-4-13(7-11(10)2)19-9-14(18)17-15-12(8-16)5-6-20-15/h3-7H,9H2,1-2H3,(H,17,18). The number of anilines is 1. The third-order valence-electron chi connectivity index (χ3n) is 2.89. The second kappa shape index (κ2) is 6.22. The van der Waals surface area contributed by atoms with Crippen LogP contribution >= 0.6 is 11.3 Å². The van der Waals surface area contributed by atoms with E-state index in [1.54, 1.807) is 11.4 Å². The molecule has 0 saturated carbocycles. The third kappa shape index (κ3) is 3.37. The molecule has 5 heteroatoms. The lowest BCUT2D eigenvalue weighted by molar-refractivity contribution is -0.118. The summed E-state index contributed by atoms with van der Waals surface area (Å²) >= 11 is 1.32. The van der Waals surface area contributed by atoms with Crippen molar-refractivity contribution in [3.05, 3.63) is 46.3 Å². The summed E-state index contributed by atoms with van der Waals surface area (Å²) in [5.74, 6) is 0.386. The molecule has 0 atom stereocenters. The van der Waals surface area contributed by atoms with E-state index in [0.29, 0.717) is 16.3 Å². The quantitative estimate of drug-likeness (QED) is 0.938. The summed E-state index contributed by atoms with van der Waals surface area (Å²) in [6, 6.07) is 9.38. The molecule has 1 N–H and O–H groups in total. The molecular formula is C15H14N2O2S. The molecule has 1 aromatic heterocycles. The fourth-order valence-electron chi connectivity index (χ4n) is 1.61. The number of rotatable bonds is 4. The number of hydrogen-bond donors (Lipinski definition) is 1. The van der Waals surface area contributed by atoms with Crippen molar-refractivity contribution in [1.82, 2.24) is 0 Å². The normalized spacial score (nSPS) is 9.85. The number of amides is 1. The molecule has 1 heterocycles. The maximum atomic E-state index is 11.8. The summed E-state index contributed by atoms with van der Waals surface area (Å²) in [7, 11) is 0. The number of aryl methyl sites for hydroxylation is 2. The number of nitriles is 1. The molecule has 20 heavy (non-hydrogen) atoms. The highest BCUT2D eigenvalue weighted by atomic mass is 32.1. The molecule has 102 valence electrons. The van der Waals surface area contributed by atoms with Gasteiger partial charge in [0.05, 0.1) is 5.56 Å². The summed E-state index contributed by atoms with van der Waals surface area (Å²) < 4.78 is 5.44. The van der Waals surface area contributed by atoms with Gasteiger partial charge in [-0.15, -0.1) is 11.3 Å². The number of thiophene rings is 1. The highest BCUT2D eigenvalue weighted by molar-refractivity contribution is 7.14. The maximum Gasteiger partial charge on any atom is 0.262 e. The van der Waals surface area contributed by atoms with Gasteiger partial charge in [-0.1, -0.05) is 6.07 Å². The number of carbonyl (C=O) groups is 1. The zero-order valence-electron chi connectivity index (χ0n) is 11.3. The molecule has 0 saturated heterocycles. The topological polar surface area (TPSA) is 62.1 Å². The molecule has 1 amide bonds. The first-order valence-corrected chi connectivity index (χ1v) is 6.95. The van der Waals surface area contributed by atoms with Gasteiger partial charge in [0.25, 0.3) is 5.91 Å². The van der Waals surface area contributed by atoms with Crippen LogP contribution in [0.1, 0.15) is 16.7 Å². The molecule has 0 aliphatic carbocycles. The number of nitrogens with one attached hydrogen (secondary N) is 1. The molecule has 0 aliphatic rings. The van der Waals surface area contributed by atoms with Crippen LogP contribution in [0.15, 0.2) is 29.6 Å². The minimum Gasteiger partial charge on any atom is -0.484 e. The van der Waals surface area contributed by atoms with Crippen LogP contribution < -0.4 is 10.1 Å². The minimum atomic E-state index is -0.276. The van der Waals surface area contributed by atoms with Crippen molar-refractivity contribution in [1.29, 1.82) is 5.26 Å². The van der Waals surface area contributed by atoms with E-state index in [-0.39, 0.29) is 12.5 Å². The Morgan fingerprint density at radius 3 is 2.85 bits per heavy atom. The minimum absolute atomic E-state index is 0.0781. The predicted octanol–water partition coefficient (Wildman–Crippen LogP) is 3.25. The van der Waals surface area contributed by atoms with Gasteiger partial charge in [0.2, 0.25) is 0 Å². The van der Waals surface area contributed by atoms with E-state index in [2.05, 4.69) is 5.32 Å². The fourth-order valence-corrected chi connectivity index (χ4v) is 2.36. The molecule has 0 bridgehead atoms. The largest absolute Gasteiger partial charge is 0.484 e. The number of carbonyl (C=O) groups excluding carboxylic acids is 1. The van der Waals surface area contributed by atoms with Crippen molar-refractivity contribution in [2.24, 2.45) is 0 Å². The van der Waals surface area contributed by atoms with E-state index in [4.69, 9.17) is 10.00 Å².